The predicted octanol–water partition coefficient (Wildman–Crippen LogP) is 1.14. The van der Waals surface area contributed by atoms with Crippen molar-refractivity contribution in [2.75, 3.05) is 13.7 Å². The molecule has 1 aromatic heterocycles. The van der Waals surface area contributed by atoms with Crippen molar-refractivity contribution in [2.45, 2.75) is 19.9 Å². The molecular weight excluding hydrogens is 186 g/mol. The quantitative estimate of drug-likeness (QED) is 0.405. The number of hydrogen-bond acceptors (Lipinski definition) is 4. The Labute approximate surface area is 81.6 Å². The number of ether oxygens (including phenoxy) is 1. The van der Waals surface area contributed by atoms with E-state index in [1.165, 1.54) is 6.07 Å². The molecule has 0 spiro atoms. The highest BCUT2D eigenvalue weighted by atomic mass is 16.6. The summed E-state index contributed by atoms with van der Waals surface area (Å²) in [6.45, 7) is 3.08. The maximum Gasteiger partial charge on any atom is 0.390 e. The Balaban J connectivity index is 2.63. The Morgan fingerprint density at radius 2 is 2.43 bits per heavy atom. The monoisotopic (exact) mass is 199 g/mol. The van der Waals surface area contributed by atoms with Gasteiger partial charge in [-0.15, -0.1) is 0 Å². The van der Waals surface area contributed by atoms with Gasteiger partial charge in [-0.05, 0) is 18.3 Å². The van der Waals surface area contributed by atoms with Gasteiger partial charge in [0.25, 0.3) is 0 Å². The third-order valence-corrected chi connectivity index (χ3v) is 1.87. The van der Waals surface area contributed by atoms with Crippen LogP contribution in [-0.4, -0.2) is 28.4 Å². The lowest BCUT2D eigenvalue weighted by Crippen LogP contribution is -2.05. The van der Waals surface area contributed by atoms with Gasteiger partial charge in [0.1, 0.15) is 0 Å². The fraction of sp³-hybridized carbons (Fsp3) is 0.625. The molecule has 0 saturated heterocycles. The molecule has 0 saturated carbocycles. The van der Waals surface area contributed by atoms with Gasteiger partial charge < -0.3 is 14.9 Å². The van der Waals surface area contributed by atoms with Crippen LogP contribution in [0.25, 0.3) is 0 Å². The van der Waals surface area contributed by atoms with Crippen LogP contribution >= 0.6 is 0 Å². The van der Waals surface area contributed by atoms with Gasteiger partial charge >= 0.3 is 5.82 Å². The maximum absolute atomic E-state index is 10.4. The van der Waals surface area contributed by atoms with E-state index >= 15 is 0 Å². The molecule has 0 aliphatic heterocycles. The second-order valence-electron chi connectivity index (χ2n) is 2.97. The normalized spacial score (nSPS) is 10.4. The zero-order chi connectivity index (χ0) is 10.6. The van der Waals surface area contributed by atoms with E-state index in [4.69, 9.17) is 4.74 Å². The first-order valence-electron chi connectivity index (χ1n) is 4.33. The van der Waals surface area contributed by atoms with Crippen LogP contribution < -0.4 is 0 Å². The van der Waals surface area contributed by atoms with Crippen LogP contribution in [0.2, 0.25) is 0 Å². The van der Waals surface area contributed by atoms with Crippen molar-refractivity contribution in [1.82, 2.24) is 9.78 Å². The first-order chi connectivity index (χ1) is 6.65. The van der Waals surface area contributed by atoms with Crippen LogP contribution in [0.4, 0.5) is 5.82 Å². The van der Waals surface area contributed by atoms with E-state index in [0.29, 0.717) is 13.2 Å². The van der Waals surface area contributed by atoms with Gasteiger partial charge in [0, 0.05) is 13.7 Å². The fourth-order valence-corrected chi connectivity index (χ4v) is 1.17. The number of rotatable bonds is 5. The highest BCUT2D eigenvalue weighted by molar-refractivity contribution is 5.20. The zero-order valence-electron chi connectivity index (χ0n) is 8.27. The lowest BCUT2D eigenvalue weighted by Gasteiger charge is -1.98. The lowest BCUT2D eigenvalue weighted by molar-refractivity contribution is -0.389. The Hall–Kier alpha value is -1.43. The van der Waals surface area contributed by atoms with Crippen LogP contribution in [-0.2, 0) is 11.3 Å². The highest BCUT2D eigenvalue weighted by Gasteiger charge is 2.14. The Morgan fingerprint density at radius 1 is 1.71 bits per heavy atom. The third-order valence-electron chi connectivity index (χ3n) is 1.87. The number of hydrogen-bond donors (Lipinski definition) is 0. The van der Waals surface area contributed by atoms with Gasteiger partial charge in [-0.25, -0.2) is 0 Å². The van der Waals surface area contributed by atoms with Crippen LogP contribution in [0.5, 0.6) is 0 Å². The van der Waals surface area contributed by atoms with Gasteiger partial charge in [-0.3, -0.25) is 0 Å². The van der Waals surface area contributed by atoms with Crippen molar-refractivity contribution >= 4 is 5.82 Å². The van der Waals surface area contributed by atoms with Gasteiger partial charge in [-0.2, -0.15) is 4.68 Å². The van der Waals surface area contributed by atoms with E-state index in [-0.39, 0.29) is 5.82 Å². The van der Waals surface area contributed by atoms with Crippen molar-refractivity contribution in [3.05, 3.63) is 21.9 Å². The van der Waals surface area contributed by atoms with Crippen LogP contribution in [0, 0.1) is 17.0 Å². The summed E-state index contributed by atoms with van der Waals surface area (Å²) in [4.78, 5) is 9.92. The first-order valence-corrected chi connectivity index (χ1v) is 4.33. The number of nitrogens with zero attached hydrogens (tertiary/aromatic N) is 3. The Morgan fingerprint density at radius 3 is 2.93 bits per heavy atom. The molecule has 0 amide bonds. The van der Waals surface area contributed by atoms with Crippen molar-refractivity contribution < 1.29 is 9.66 Å². The molecule has 78 valence electrons. The third kappa shape index (κ3) is 2.53. The molecule has 0 atom stereocenters. The van der Waals surface area contributed by atoms with E-state index < -0.39 is 4.92 Å². The average Bonchev–Trinajstić information content (AvgIpc) is 2.49. The number of aromatic nitrogens is 2. The van der Waals surface area contributed by atoms with E-state index in [9.17, 15) is 10.1 Å². The summed E-state index contributed by atoms with van der Waals surface area (Å²) in [5.41, 5.74) is 0.799. The predicted molar refractivity (Wildman–Crippen MR) is 50.1 cm³/mol. The summed E-state index contributed by atoms with van der Waals surface area (Å²) in [5.74, 6) is -0.0973. The van der Waals surface area contributed by atoms with Gasteiger partial charge in [0.05, 0.1) is 23.4 Å². The second-order valence-corrected chi connectivity index (χ2v) is 2.97. The first kappa shape index (κ1) is 10.6. The summed E-state index contributed by atoms with van der Waals surface area (Å²) < 4.78 is 6.50. The van der Waals surface area contributed by atoms with Gasteiger partial charge in [0.2, 0.25) is 0 Å². The number of methoxy groups -OCH3 is 1. The molecular formula is C8H13N3O3. The molecule has 0 radical (unpaired) electrons. The summed E-state index contributed by atoms with van der Waals surface area (Å²) in [5, 5.41) is 14.2. The number of aryl methyl sites for hydroxylation is 2. The van der Waals surface area contributed by atoms with E-state index in [1.807, 2.05) is 0 Å². The molecule has 0 aliphatic carbocycles. The molecule has 1 rings (SSSR count). The van der Waals surface area contributed by atoms with Crippen LogP contribution in [0.15, 0.2) is 6.07 Å². The minimum Gasteiger partial charge on any atom is -0.385 e. The molecule has 6 nitrogen and oxygen atoms in total. The van der Waals surface area contributed by atoms with Crippen molar-refractivity contribution in [1.29, 1.82) is 0 Å². The summed E-state index contributed by atoms with van der Waals surface area (Å²) in [7, 11) is 1.62. The minimum absolute atomic E-state index is 0.0973. The molecule has 1 heterocycles. The average molecular weight is 199 g/mol. The van der Waals surface area contributed by atoms with Crippen LogP contribution in [0.1, 0.15) is 12.1 Å². The summed E-state index contributed by atoms with van der Waals surface area (Å²) in [6.07, 6.45) is 0.802. The minimum atomic E-state index is -0.486. The molecule has 0 unspecified atom stereocenters. The standard InChI is InChI=1S/C8H13N3O3/c1-7-6-8(11(12)13)9-10(7)4-3-5-14-2/h6H,3-5H2,1-2H3. The topological polar surface area (TPSA) is 70.2 Å². The van der Waals surface area contributed by atoms with Crippen molar-refractivity contribution in [2.24, 2.45) is 0 Å². The largest absolute Gasteiger partial charge is 0.390 e. The molecule has 14 heavy (non-hydrogen) atoms. The van der Waals surface area contributed by atoms with Crippen molar-refractivity contribution in [3.63, 3.8) is 0 Å². The van der Waals surface area contributed by atoms with Crippen LogP contribution in [0.3, 0.4) is 0 Å². The van der Waals surface area contributed by atoms with Gasteiger partial charge in [-0.1, -0.05) is 0 Å². The molecule has 0 bridgehead atoms. The molecule has 0 aliphatic rings. The zero-order valence-corrected chi connectivity index (χ0v) is 8.27. The number of nitro groups is 1. The molecule has 0 N–H and O–H groups in total. The SMILES string of the molecule is COCCCn1nc([N+](=O)[O-])cc1C. The maximum atomic E-state index is 10.4. The lowest BCUT2D eigenvalue weighted by atomic mass is 10.4. The summed E-state index contributed by atoms with van der Waals surface area (Å²) >= 11 is 0. The van der Waals surface area contributed by atoms with Gasteiger partial charge in [0.15, 0.2) is 0 Å². The van der Waals surface area contributed by atoms with E-state index in [2.05, 4.69) is 5.10 Å². The van der Waals surface area contributed by atoms with E-state index in [0.717, 1.165) is 12.1 Å². The smallest absolute Gasteiger partial charge is 0.385 e. The molecule has 0 fully saturated rings. The fourth-order valence-electron chi connectivity index (χ4n) is 1.17. The Kier molecular flexibility index (Phi) is 3.58. The Bertz CT molecular complexity index is 322. The van der Waals surface area contributed by atoms with Crippen molar-refractivity contribution in [3.8, 4) is 0 Å². The summed E-state index contributed by atoms with van der Waals surface area (Å²) in [6, 6.07) is 1.47. The molecule has 1 aromatic rings. The second kappa shape index (κ2) is 4.71. The van der Waals surface area contributed by atoms with E-state index in [1.54, 1.807) is 18.7 Å². The molecule has 6 heteroatoms. The molecule has 0 aromatic carbocycles. The highest BCUT2D eigenvalue weighted by Crippen LogP contribution is 2.10.